The van der Waals surface area contributed by atoms with E-state index >= 15 is 0 Å². The Morgan fingerprint density at radius 1 is 1.29 bits per heavy atom. The Morgan fingerprint density at radius 3 is 2.86 bits per heavy atom. The minimum Gasteiger partial charge on any atom is -0.291 e. The number of fused-ring (bicyclic) bond motifs is 2. The van der Waals surface area contributed by atoms with Crippen molar-refractivity contribution in [2.75, 3.05) is 5.75 Å². The highest BCUT2D eigenvalue weighted by Gasteiger charge is 2.29. The van der Waals surface area contributed by atoms with Gasteiger partial charge in [-0.15, -0.1) is 0 Å². The highest BCUT2D eigenvalue weighted by atomic mass is 32.2. The van der Waals surface area contributed by atoms with Crippen molar-refractivity contribution in [3.8, 4) is 0 Å². The van der Waals surface area contributed by atoms with Crippen molar-refractivity contribution in [1.29, 1.82) is 0 Å². The molecule has 0 radical (unpaired) electrons. The van der Waals surface area contributed by atoms with Gasteiger partial charge in [-0.2, -0.15) is 0 Å². The number of thioether (sulfide) groups is 1. The van der Waals surface area contributed by atoms with E-state index in [9.17, 15) is 9.59 Å². The molecule has 6 heteroatoms. The molecular weight excluding hydrogens is 370 g/mol. The lowest BCUT2D eigenvalue weighted by Gasteiger charge is -2.16. The second-order valence-electron chi connectivity index (χ2n) is 7.46. The van der Waals surface area contributed by atoms with E-state index in [1.54, 1.807) is 29.0 Å². The normalized spacial score (nSPS) is 15.3. The summed E-state index contributed by atoms with van der Waals surface area (Å²) >= 11 is 1.31. The van der Waals surface area contributed by atoms with Crippen molar-refractivity contribution in [3.63, 3.8) is 0 Å². The Labute approximate surface area is 168 Å². The van der Waals surface area contributed by atoms with Gasteiger partial charge in [0.15, 0.2) is 10.9 Å². The fourth-order valence-corrected chi connectivity index (χ4v) is 4.81. The third-order valence-corrected chi connectivity index (χ3v) is 6.16. The Balaban J connectivity index is 1.67. The number of hydrogen-bond acceptors (Lipinski definition) is 5. The van der Waals surface area contributed by atoms with Crippen LogP contribution in [0, 0.1) is 0 Å². The molecule has 0 unspecified atom stereocenters. The third-order valence-electron chi connectivity index (χ3n) is 5.18. The van der Waals surface area contributed by atoms with Crippen LogP contribution >= 0.6 is 11.8 Å². The van der Waals surface area contributed by atoms with Crippen molar-refractivity contribution in [2.45, 2.75) is 50.7 Å². The number of carbonyl (C=O) groups excluding carboxylic acids is 1. The van der Waals surface area contributed by atoms with Crippen LogP contribution in [0.1, 0.15) is 54.4 Å². The molecule has 0 saturated heterocycles. The van der Waals surface area contributed by atoms with Gasteiger partial charge in [-0.25, -0.2) is 4.98 Å². The molecule has 0 atom stereocenters. The van der Waals surface area contributed by atoms with E-state index in [4.69, 9.17) is 4.98 Å². The summed E-state index contributed by atoms with van der Waals surface area (Å²) < 4.78 is 1.68. The van der Waals surface area contributed by atoms with Gasteiger partial charge in [0.2, 0.25) is 0 Å². The molecule has 28 heavy (non-hydrogen) atoms. The van der Waals surface area contributed by atoms with Crippen molar-refractivity contribution in [2.24, 2.45) is 0 Å². The molecule has 2 aliphatic carbocycles. The summed E-state index contributed by atoms with van der Waals surface area (Å²) in [6.45, 7) is 6.28. The molecule has 0 spiro atoms. The first-order valence-corrected chi connectivity index (χ1v) is 10.6. The van der Waals surface area contributed by atoms with Gasteiger partial charge in [0, 0.05) is 19.2 Å². The number of allylic oxidation sites excluding steroid dienone is 3. The first kappa shape index (κ1) is 18.9. The molecule has 5 nitrogen and oxygen atoms in total. The van der Waals surface area contributed by atoms with Crippen LogP contribution in [0.25, 0.3) is 5.57 Å². The predicted molar refractivity (Wildman–Crippen MR) is 112 cm³/mol. The first-order chi connectivity index (χ1) is 13.5. The van der Waals surface area contributed by atoms with E-state index in [0.29, 0.717) is 17.4 Å². The van der Waals surface area contributed by atoms with Crippen LogP contribution in [0.5, 0.6) is 0 Å². The first-order valence-electron chi connectivity index (χ1n) is 9.61. The fraction of sp³-hybridized carbons (Fsp3) is 0.364. The average Bonchev–Trinajstić information content (AvgIpc) is 3.07. The van der Waals surface area contributed by atoms with Gasteiger partial charge < -0.3 is 0 Å². The molecule has 144 valence electrons. The average molecular weight is 394 g/mol. The fourth-order valence-electron chi connectivity index (χ4n) is 3.93. The minimum absolute atomic E-state index is 0.00712. The lowest BCUT2D eigenvalue weighted by molar-refractivity contribution is 0.101. The summed E-state index contributed by atoms with van der Waals surface area (Å²) in [5.41, 5.74) is 5.60. The van der Waals surface area contributed by atoms with Gasteiger partial charge in [-0.3, -0.25) is 19.1 Å². The predicted octanol–water partition coefficient (Wildman–Crippen LogP) is 4.07. The topological polar surface area (TPSA) is 64.8 Å². The summed E-state index contributed by atoms with van der Waals surface area (Å²) in [5.74, 6) is 0.130. The molecular formula is C22H23N3O2S. The molecule has 0 saturated carbocycles. The highest BCUT2D eigenvalue weighted by molar-refractivity contribution is 7.99. The summed E-state index contributed by atoms with van der Waals surface area (Å²) in [6, 6.07) is 5.29. The number of nitrogens with zero attached hydrogens (tertiary/aromatic N) is 3. The van der Waals surface area contributed by atoms with Crippen LogP contribution in [0.4, 0.5) is 0 Å². The van der Waals surface area contributed by atoms with Gasteiger partial charge in [-0.05, 0) is 50.3 Å². The van der Waals surface area contributed by atoms with Crippen LogP contribution in [-0.4, -0.2) is 26.1 Å². The molecule has 0 amide bonds. The Bertz CT molecular complexity index is 1040. The molecule has 2 aliphatic rings. The van der Waals surface area contributed by atoms with E-state index in [1.165, 1.54) is 29.3 Å². The monoisotopic (exact) mass is 393 g/mol. The number of pyridine rings is 1. The zero-order chi connectivity index (χ0) is 19.7. The number of rotatable bonds is 6. The van der Waals surface area contributed by atoms with Gasteiger partial charge in [0.1, 0.15) is 5.69 Å². The molecule has 2 heterocycles. The summed E-state index contributed by atoms with van der Waals surface area (Å²) in [6.07, 6.45) is 6.73. The maximum atomic E-state index is 13.3. The van der Waals surface area contributed by atoms with Crippen LogP contribution in [0.2, 0.25) is 0 Å². The second-order valence-corrected chi connectivity index (χ2v) is 8.40. The van der Waals surface area contributed by atoms with Crippen molar-refractivity contribution in [3.05, 3.63) is 69.4 Å². The number of aromatic nitrogens is 3. The van der Waals surface area contributed by atoms with Crippen molar-refractivity contribution < 1.29 is 4.79 Å². The standard InChI is InChI=1S/C22H23N3O2S/c1-14(2)12-25-21(27)20-16-8-4-3-7-15(16)11-18(20)24-22(25)28-13-19(26)17-9-5-6-10-23-17/h5-6,9-10H,1,3-4,7-8,11-13H2,2H3. The highest BCUT2D eigenvalue weighted by Crippen LogP contribution is 2.39. The van der Waals surface area contributed by atoms with Gasteiger partial charge in [-0.1, -0.05) is 35.6 Å². The zero-order valence-corrected chi connectivity index (χ0v) is 16.8. The maximum absolute atomic E-state index is 13.3. The SMILES string of the molecule is C=C(C)Cn1c(SCC(=O)c2ccccn2)nc2c(c1=O)C1=C(CCCC1)C2. The lowest BCUT2D eigenvalue weighted by Crippen LogP contribution is -2.28. The van der Waals surface area contributed by atoms with Crippen LogP contribution in [0.3, 0.4) is 0 Å². The summed E-state index contributed by atoms with van der Waals surface area (Å²) in [5, 5.41) is 0.593. The largest absolute Gasteiger partial charge is 0.291 e. The molecule has 0 bridgehead atoms. The van der Waals surface area contributed by atoms with Crippen LogP contribution in [0.15, 0.2) is 52.1 Å². The van der Waals surface area contributed by atoms with Crippen molar-refractivity contribution >= 4 is 23.1 Å². The number of ketones is 1. The van der Waals surface area contributed by atoms with Gasteiger partial charge in [0.25, 0.3) is 5.56 Å². The molecule has 0 N–H and O–H groups in total. The van der Waals surface area contributed by atoms with Gasteiger partial charge in [0.05, 0.1) is 17.0 Å². The molecule has 0 aliphatic heterocycles. The van der Waals surface area contributed by atoms with E-state index in [0.717, 1.165) is 42.5 Å². The Morgan fingerprint density at radius 2 is 2.11 bits per heavy atom. The Kier molecular flexibility index (Phi) is 5.31. The molecule has 2 aromatic rings. The van der Waals surface area contributed by atoms with Crippen LogP contribution < -0.4 is 5.56 Å². The van der Waals surface area contributed by atoms with E-state index in [-0.39, 0.29) is 17.1 Å². The van der Waals surface area contributed by atoms with Crippen LogP contribution in [-0.2, 0) is 13.0 Å². The van der Waals surface area contributed by atoms with E-state index in [2.05, 4.69) is 11.6 Å². The molecule has 2 aromatic heterocycles. The second kappa shape index (κ2) is 7.87. The quantitative estimate of drug-likeness (QED) is 0.320. The van der Waals surface area contributed by atoms with Gasteiger partial charge >= 0.3 is 0 Å². The summed E-state index contributed by atoms with van der Waals surface area (Å²) in [4.78, 5) is 34.7. The number of Topliss-reactive ketones (excluding diaryl/α,β-unsaturated/α-hetero) is 1. The maximum Gasteiger partial charge on any atom is 0.262 e. The number of carbonyl (C=O) groups is 1. The van der Waals surface area contributed by atoms with E-state index in [1.807, 2.05) is 6.92 Å². The lowest BCUT2D eigenvalue weighted by atomic mass is 9.92. The zero-order valence-electron chi connectivity index (χ0n) is 16.0. The number of hydrogen-bond donors (Lipinski definition) is 0. The Hall–Kier alpha value is -2.47. The van der Waals surface area contributed by atoms with E-state index < -0.39 is 0 Å². The molecule has 0 fully saturated rings. The minimum atomic E-state index is -0.0698. The van der Waals surface area contributed by atoms with Crippen molar-refractivity contribution in [1.82, 2.24) is 14.5 Å². The smallest absolute Gasteiger partial charge is 0.262 e. The summed E-state index contributed by atoms with van der Waals surface area (Å²) in [7, 11) is 0. The molecule has 4 rings (SSSR count). The molecule has 0 aromatic carbocycles. The third kappa shape index (κ3) is 3.61.